The van der Waals surface area contributed by atoms with Crippen molar-refractivity contribution in [3.63, 3.8) is 0 Å². The molecule has 3 heteroatoms. The number of imidazole rings is 1. The van der Waals surface area contributed by atoms with Gasteiger partial charge in [-0.05, 0) is 49.1 Å². The molecule has 22 heavy (non-hydrogen) atoms. The van der Waals surface area contributed by atoms with Crippen LogP contribution in [0.3, 0.4) is 0 Å². The van der Waals surface area contributed by atoms with Gasteiger partial charge in [0.1, 0.15) is 5.82 Å². The van der Waals surface area contributed by atoms with Gasteiger partial charge in [0.2, 0.25) is 0 Å². The highest BCUT2D eigenvalue weighted by molar-refractivity contribution is 5.77. The Balaban J connectivity index is 2.12. The van der Waals surface area contributed by atoms with Gasteiger partial charge in [0.05, 0.1) is 17.0 Å². The van der Waals surface area contributed by atoms with Crippen LogP contribution >= 0.6 is 0 Å². The summed E-state index contributed by atoms with van der Waals surface area (Å²) in [4.78, 5) is 8.31. The highest BCUT2D eigenvalue weighted by atomic mass is 14.9. The first kappa shape index (κ1) is 14.8. The number of hydrogen-bond acceptors (Lipinski definition) is 2. The summed E-state index contributed by atoms with van der Waals surface area (Å²) in [6.07, 6.45) is 0.911. The third-order valence-corrected chi connectivity index (χ3v) is 4.47. The molecule has 0 aliphatic carbocycles. The molecule has 0 aliphatic heterocycles. The number of aryl methyl sites for hydroxylation is 2. The second-order valence-corrected chi connectivity index (χ2v) is 6.04. The van der Waals surface area contributed by atoms with Crippen molar-refractivity contribution >= 4 is 11.0 Å². The van der Waals surface area contributed by atoms with Crippen molar-refractivity contribution < 1.29 is 0 Å². The summed E-state index contributed by atoms with van der Waals surface area (Å²) in [6.45, 7) is 6.37. The first-order valence-electron chi connectivity index (χ1n) is 7.87. The summed E-state index contributed by atoms with van der Waals surface area (Å²) < 4.78 is 0. The molecule has 1 unspecified atom stereocenters. The first-order valence-corrected chi connectivity index (χ1v) is 7.87. The van der Waals surface area contributed by atoms with Crippen molar-refractivity contribution in [3.05, 3.63) is 65.0 Å². The molecule has 1 aromatic heterocycles. The topological polar surface area (TPSA) is 54.7 Å². The van der Waals surface area contributed by atoms with Crippen LogP contribution in [0, 0.1) is 13.8 Å². The standard InChI is InChI=1S/C19H23N3/c1-4-15(20)18(14-8-6-5-7-9-14)19-21-16-10-12(2)13(3)11-17(16)22-19/h5-11,15,18H,4,20H2,1-3H3,(H,21,22)/t15-,18?/m1/s1. The van der Waals surface area contributed by atoms with Crippen LogP contribution in [0.4, 0.5) is 0 Å². The molecule has 0 radical (unpaired) electrons. The van der Waals surface area contributed by atoms with Crippen LogP contribution < -0.4 is 5.73 Å². The summed E-state index contributed by atoms with van der Waals surface area (Å²) in [6, 6.07) is 14.8. The van der Waals surface area contributed by atoms with Gasteiger partial charge in [-0.25, -0.2) is 4.98 Å². The minimum Gasteiger partial charge on any atom is -0.341 e. The van der Waals surface area contributed by atoms with Gasteiger partial charge in [-0.2, -0.15) is 0 Å². The maximum Gasteiger partial charge on any atom is 0.116 e. The van der Waals surface area contributed by atoms with E-state index in [0.717, 1.165) is 23.3 Å². The third kappa shape index (κ3) is 2.64. The Kier molecular flexibility index (Phi) is 3.99. The second kappa shape index (κ2) is 5.93. The summed E-state index contributed by atoms with van der Waals surface area (Å²) in [5.74, 6) is 1.06. The second-order valence-electron chi connectivity index (χ2n) is 6.04. The van der Waals surface area contributed by atoms with Crippen molar-refractivity contribution in [3.8, 4) is 0 Å². The molecule has 0 bridgehead atoms. The number of hydrogen-bond donors (Lipinski definition) is 2. The van der Waals surface area contributed by atoms with Crippen LogP contribution in [0.25, 0.3) is 11.0 Å². The van der Waals surface area contributed by atoms with Gasteiger partial charge in [-0.3, -0.25) is 0 Å². The fourth-order valence-electron chi connectivity index (χ4n) is 2.94. The number of nitrogens with one attached hydrogen (secondary N) is 1. The van der Waals surface area contributed by atoms with Crippen molar-refractivity contribution in [1.82, 2.24) is 9.97 Å². The highest BCUT2D eigenvalue weighted by Crippen LogP contribution is 2.29. The fourth-order valence-corrected chi connectivity index (χ4v) is 2.94. The molecule has 3 N–H and O–H groups in total. The molecule has 2 aromatic carbocycles. The Labute approximate surface area is 131 Å². The van der Waals surface area contributed by atoms with Crippen molar-refractivity contribution in [2.75, 3.05) is 0 Å². The molecule has 0 spiro atoms. The number of aromatic amines is 1. The average Bonchev–Trinajstić information content (AvgIpc) is 2.91. The maximum atomic E-state index is 6.40. The van der Waals surface area contributed by atoms with E-state index >= 15 is 0 Å². The summed E-state index contributed by atoms with van der Waals surface area (Å²) in [7, 11) is 0. The number of fused-ring (bicyclic) bond motifs is 1. The SMILES string of the molecule is CC[C@@H](N)C(c1ccccc1)c1nc2cc(C)c(C)cc2[nH]1. The largest absolute Gasteiger partial charge is 0.341 e. The van der Waals surface area contributed by atoms with Crippen LogP contribution in [-0.2, 0) is 0 Å². The number of nitrogens with zero attached hydrogens (tertiary/aromatic N) is 1. The molecule has 114 valence electrons. The van der Waals surface area contributed by atoms with E-state index in [1.165, 1.54) is 16.7 Å². The van der Waals surface area contributed by atoms with E-state index in [1.54, 1.807) is 0 Å². The Morgan fingerprint density at radius 2 is 1.77 bits per heavy atom. The van der Waals surface area contributed by atoms with Gasteiger partial charge in [-0.1, -0.05) is 37.3 Å². The molecule has 0 amide bonds. The van der Waals surface area contributed by atoms with Crippen LogP contribution in [-0.4, -0.2) is 16.0 Å². The van der Waals surface area contributed by atoms with Crippen molar-refractivity contribution in [1.29, 1.82) is 0 Å². The number of nitrogens with two attached hydrogens (primary N) is 1. The number of aromatic nitrogens is 2. The van der Waals surface area contributed by atoms with Crippen LogP contribution in [0.5, 0.6) is 0 Å². The average molecular weight is 293 g/mol. The Morgan fingerprint density at radius 3 is 2.45 bits per heavy atom. The van der Waals surface area contributed by atoms with Gasteiger partial charge < -0.3 is 10.7 Å². The lowest BCUT2D eigenvalue weighted by Crippen LogP contribution is -2.29. The molecule has 3 nitrogen and oxygen atoms in total. The molecular formula is C19H23N3. The quantitative estimate of drug-likeness (QED) is 0.762. The minimum absolute atomic E-state index is 0.0464. The molecule has 0 saturated heterocycles. The first-order chi connectivity index (χ1) is 10.6. The zero-order valence-corrected chi connectivity index (χ0v) is 13.4. The summed E-state index contributed by atoms with van der Waals surface area (Å²) in [5.41, 5.74) is 12.3. The lowest BCUT2D eigenvalue weighted by Gasteiger charge is -2.21. The minimum atomic E-state index is 0.0464. The van der Waals surface area contributed by atoms with Gasteiger partial charge >= 0.3 is 0 Å². The van der Waals surface area contributed by atoms with Gasteiger partial charge in [0, 0.05) is 6.04 Å². The molecule has 1 heterocycles. The molecule has 0 saturated carbocycles. The molecule has 3 aromatic rings. The summed E-state index contributed by atoms with van der Waals surface area (Å²) in [5, 5.41) is 0. The molecule has 2 atom stereocenters. The highest BCUT2D eigenvalue weighted by Gasteiger charge is 2.23. The predicted molar refractivity (Wildman–Crippen MR) is 92.1 cm³/mol. The monoisotopic (exact) mass is 293 g/mol. The van der Waals surface area contributed by atoms with Crippen molar-refractivity contribution in [2.45, 2.75) is 39.2 Å². The Morgan fingerprint density at radius 1 is 1.09 bits per heavy atom. The van der Waals surface area contributed by atoms with Crippen molar-refractivity contribution in [2.24, 2.45) is 5.73 Å². The summed E-state index contributed by atoms with van der Waals surface area (Å²) >= 11 is 0. The molecule has 3 rings (SSSR count). The van der Waals surface area contributed by atoms with Gasteiger partial charge in [0.15, 0.2) is 0 Å². The lowest BCUT2D eigenvalue weighted by atomic mass is 9.90. The maximum absolute atomic E-state index is 6.40. The fraction of sp³-hybridized carbons (Fsp3) is 0.316. The zero-order valence-electron chi connectivity index (χ0n) is 13.4. The van der Waals surface area contributed by atoms with Crippen LogP contribution in [0.2, 0.25) is 0 Å². The smallest absolute Gasteiger partial charge is 0.116 e. The van der Waals surface area contributed by atoms with E-state index in [1.807, 2.05) is 6.07 Å². The molecular weight excluding hydrogens is 270 g/mol. The predicted octanol–water partition coefficient (Wildman–Crippen LogP) is 4.05. The van der Waals surface area contributed by atoms with Crippen LogP contribution in [0.1, 0.15) is 41.8 Å². The number of benzene rings is 2. The molecule has 0 fully saturated rings. The molecule has 0 aliphatic rings. The Hall–Kier alpha value is -2.13. The van der Waals surface area contributed by atoms with E-state index in [4.69, 9.17) is 10.7 Å². The van der Waals surface area contributed by atoms with E-state index in [0.29, 0.717) is 0 Å². The third-order valence-electron chi connectivity index (χ3n) is 4.47. The van der Waals surface area contributed by atoms with Crippen LogP contribution in [0.15, 0.2) is 42.5 Å². The number of rotatable bonds is 4. The van der Waals surface area contributed by atoms with Gasteiger partial charge in [-0.15, -0.1) is 0 Å². The normalized spacial score (nSPS) is 14.2. The lowest BCUT2D eigenvalue weighted by molar-refractivity contribution is 0.559. The van der Waals surface area contributed by atoms with E-state index in [9.17, 15) is 0 Å². The zero-order chi connectivity index (χ0) is 15.7. The van der Waals surface area contributed by atoms with E-state index in [2.05, 4.69) is 62.2 Å². The van der Waals surface area contributed by atoms with E-state index in [-0.39, 0.29) is 12.0 Å². The Bertz CT molecular complexity index is 735. The van der Waals surface area contributed by atoms with E-state index < -0.39 is 0 Å². The number of H-pyrrole nitrogens is 1. The van der Waals surface area contributed by atoms with Gasteiger partial charge in [0.25, 0.3) is 0 Å².